The molecule has 0 saturated heterocycles. The maximum atomic E-state index is 12.3. The van der Waals surface area contributed by atoms with Gasteiger partial charge in [0.1, 0.15) is 0 Å². The Hall–Kier alpha value is -1.19. The fourth-order valence-electron chi connectivity index (χ4n) is 3.24. The normalized spacial score (nSPS) is 18.9. The molecular formula is C18H23NOS. The Morgan fingerprint density at radius 3 is 2.57 bits per heavy atom. The van der Waals surface area contributed by atoms with Crippen LogP contribution in [0, 0.1) is 5.92 Å². The highest BCUT2D eigenvalue weighted by Crippen LogP contribution is 2.26. The van der Waals surface area contributed by atoms with Gasteiger partial charge in [-0.25, -0.2) is 0 Å². The third-order valence-corrected chi connectivity index (χ3v) is 6.04. The van der Waals surface area contributed by atoms with E-state index in [0.29, 0.717) is 11.7 Å². The lowest BCUT2D eigenvalue weighted by Gasteiger charge is -2.14. The SMILES string of the molecule is NC(CS(=O)CC1CCCC1)c1ccc2ccccc2c1. The molecule has 0 spiro atoms. The summed E-state index contributed by atoms with van der Waals surface area (Å²) in [7, 11) is -0.799. The molecule has 1 fully saturated rings. The molecule has 21 heavy (non-hydrogen) atoms. The quantitative estimate of drug-likeness (QED) is 0.913. The van der Waals surface area contributed by atoms with Crippen molar-refractivity contribution in [1.29, 1.82) is 0 Å². The van der Waals surface area contributed by atoms with Crippen LogP contribution in [0.4, 0.5) is 0 Å². The Balaban J connectivity index is 1.65. The molecule has 3 heteroatoms. The second-order valence-electron chi connectivity index (χ2n) is 6.14. The minimum atomic E-state index is -0.799. The summed E-state index contributed by atoms with van der Waals surface area (Å²) in [6.45, 7) is 0. The molecule has 1 aliphatic carbocycles. The van der Waals surface area contributed by atoms with E-state index in [4.69, 9.17) is 5.73 Å². The molecule has 2 nitrogen and oxygen atoms in total. The molecule has 0 aliphatic heterocycles. The number of rotatable bonds is 5. The van der Waals surface area contributed by atoms with Crippen LogP contribution in [0.1, 0.15) is 37.3 Å². The van der Waals surface area contributed by atoms with Gasteiger partial charge >= 0.3 is 0 Å². The van der Waals surface area contributed by atoms with E-state index < -0.39 is 10.8 Å². The number of hydrogen-bond acceptors (Lipinski definition) is 2. The topological polar surface area (TPSA) is 43.1 Å². The van der Waals surface area contributed by atoms with E-state index in [1.807, 2.05) is 12.1 Å². The summed E-state index contributed by atoms with van der Waals surface area (Å²) in [6, 6.07) is 14.5. The van der Waals surface area contributed by atoms with Crippen molar-refractivity contribution in [2.45, 2.75) is 31.7 Å². The molecule has 3 rings (SSSR count). The highest BCUT2D eigenvalue weighted by molar-refractivity contribution is 7.85. The monoisotopic (exact) mass is 301 g/mol. The molecule has 0 radical (unpaired) electrons. The largest absolute Gasteiger partial charge is 0.323 e. The highest BCUT2D eigenvalue weighted by Gasteiger charge is 2.19. The van der Waals surface area contributed by atoms with Gasteiger partial charge in [0.25, 0.3) is 0 Å². The van der Waals surface area contributed by atoms with E-state index in [1.54, 1.807) is 0 Å². The van der Waals surface area contributed by atoms with E-state index in [-0.39, 0.29) is 6.04 Å². The summed E-state index contributed by atoms with van der Waals surface area (Å²) in [5, 5.41) is 2.42. The van der Waals surface area contributed by atoms with Gasteiger partial charge in [-0.3, -0.25) is 4.21 Å². The molecule has 0 heterocycles. The maximum absolute atomic E-state index is 12.3. The molecular weight excluding hydrogens is 278 g/mol. The van der Waals surface area contributed by atoms with Crippen LogP contribution in [0.2, 0.25) is 0 Å². The lowest BCUT2D eigenvalue weighted by Crippen LogP contribution is -2.21. The standard InChI is InChI=1S/C18H23NOS/c19-18(13-21(20)12-14-5-1-2-6-14)17-10-9-15-7-3-4-8-16(15)11-17/h3-4,7-11,14,18H,1-2,5-6,12-13,19H2. The molecule has 2 aromatic carbocycles. The molecule has 1 aliphatic rings. The van der Waals surface area contributed by atoms with Crippen molar-refractivity contribution in [3.8, 4) is 0 Å². The molecule has 0 amide bonds. The van der Waals surface area contributed by atoms with E-state index in [1.165, 1.54) is 36.5 Å². The van der Waals surface area contributed by atoms with Crippen LogP contribution >= 0.6 is 0 Å². The third kappa shape index (κ3) is 3.72. The Morgan fingerprint density at radius 2 is 1.81 bits per heavy atom. The van der Waals surface area contributed by atoms with Crippen LogP contribution in [-0.2, 0) is 10.8 Å². The molecule has 1 saturated carbocycles. The van der Waals surface area contributed by atoms with Gasteiger partial charge in [-0.2, -0.15) is 0 Å². The van der Waals surface area contributed by atoms with Crippen LogP contribution in [0.15, 0.2) is 42.5 Å². The van der Waals surface area contributed by atoms with Crippen LogP contribution in [0.5, 0.6) is 0 Å². The van der Waals surface area contributed by atoms with Crippen LogP contribution in [-0.4, -0.2) is 15.7 Å². The average molecular weight is 301 g/mol. The number of nitrogens with two attached hydrogens (primary N) is 1. The Morgan fingerprint density at radius 1 is 1.10 bits per heavy atom. The number of fused-ring (bicyclic) bond motifs is 1. The van der Waals surface area contributed by atoms with Crippen LogP contribution in [0.3, 0.4) is 0 Å². The van der Waals surface area contributed by atoms with Crippen molar-refractivity contribution in [3.63, 3.8) is 0 Å². The van der Waals surface area contributed by atoms with Crippen molar-refractivity contribution in [3.05, 3.63) is 48.0 Å². The Labute approximate surface area is 129 Å². The van der Waals surface area contributed by atoms with E-state index in [2.05, 4.69) is 30.3 Å². The van der Waals surface area contributed by atoms with E-state index >= 15 is 0 Å². The van der Waals surface area contributed by atoms with Gasteiger partial charge in [0, 0.05) is 28.3 Å². The second-order valence-corrected chi connectivity index (χ2v) is 7.68. The van der Waals surface area contributed by atoms with Crippen molar-refractivity contribution in [2.24, 2.45) is 11.7 Å². The molecule has 2 aromatic rings. The van der Waals surface area contributed by atoms with Crippen LogP contribution in [0.25, 0.3) is 10.8 Å². The van der Waals surface area contributed by atoms with Crippen molar-refractivity contribution >= 4 is 21.6 Å². The summed E-state index contributed by atoms with van der Waals surface area (Å²) in [6.07, 6.45) is 5.10. The third-order valence-electron chi connectivity index (χ3n) is 4.46. The maximum Gasteiger partial charge on any atom is 0.0428 e. The molecule has 2 atom stereocenters. The number of benzene rings is 2. The molecule has 112 valence electrons. The molecule has 2 N–H and O–H groups in total. The second kappa shape index (κ2) is 6.71. The first-order valence-electron chi connectivity index (χ1n) is 7.81. The predicted molar refractivity (Wildman–Crippen MR) is 90.7 cm³/mol. The van der Waals surface area contributed by atoms with E-state index in [0.717, 1.165) is 11.3 Å². The minimum Gasteiger partial charge on any atom is -0.323 e. The minimum absolute atomic E-state index is 0.128. The fourth-order valence-corrected chi connectivity index (χ4v) is 4.83. The Kier molecular flexibility index (Phi) is 4.71. The first-order chi connectivity index (χ1) is 10.2. The summed E-state index contributed by atoms with van der Waals surface area (Å²) >= 11 is 0. The zero-order valence-corrected chi connectivity index (χ0v) is 13.1. The van der Waals surface area contributed by atoms with Gasteiger partial charge < -0.3 is 5.73 Å². The van der Waals surface area contributed by atoms with Gasteiger partial charge in [-0.1, -0.05) is 49.2 Å². The van der Waals surface area contributed by atoms with Gasteiger partial charge in [-0.05, 0) is 41.2 Å². The summed E-state index contributed by atoms with van der Waals surface area (Å²) in [4.78, 5) is 0. The van der Waals surface area contributed by atoms with E-state index in [9.17, 15) is 4.21 Å². The molecule has 0 bridgehead atoms. The van der Waals surface area contributed by atoms with Gasteiger partial charge in [0.05, 0.1) is 0 Å². The zero-order valence-electron chi connectivity index (χ0n) is 12.3. The Bertz CT molecular complexity index is 634. The number of hydrogen-bond donors (Lipinski definition) is 1. The smallest absolute Gasteiger partial charge is 0.0428 e. The first kappa shape index (κ1) is 14.7. The first-order valence-corrected chi connectivity index (χ1v) is 9.30. The summed E-state index contributed by atoms with van der Waals surface area (Å²) in [5.41, 5.74) is 7.36. The van der Waals surface area contributed by atoms with Crippen LogP contribution < -0.4 is 5.73 Å². The average Bonchev–Trinajstić information content (AvgIpc) is 2.99. The van der Waals surface area contributed by atoms with Crippen molar-refractivity contribution in [1.82, 2.24) is 0 Å². The summed E-state index contributed by atoms with van der Waals surface area (Å²) in [5.74, 6) is 2.07. The van der Waals surface area contributed by atoms with Gasteiger partial charge in [0.2, 0.25) is 0 Å². The predicted octanol–water partition coefficient (Wildman–Crippen LogP) is 3.78. The summed E-state index contributed by atoms with van der Waals surface area (Å²) < 4.78 is 12.3. The van der Waals surface area contributed by atoms with Crippen molar-refractivity contribution < 1.29 is 4.21 Å². The lowest BCUT2D eigenvalue weighted by atomic mass is 10.0. The fraction of sp³-hybridized carbons (Fsp3) is 0.444. The molecule has 0 aromatic heterocycles. The lowest BCUT2D eigenvalue weighted by molar-refractivity contribution is 0.602. The van der Waals surface area contributed by atoms with Crippen molar-refractivity contribution in [2.75, 3.05) is 11.5 Å². The molecule has 2 unspecified atom stereocenters. The van der Waals surface area contributed by atoms with Gasteiger partial charge in [-0.15, -0.1) is 0 Å². The van der Waals surface area contributed by atoms with Gasteiger partial charge in [0.15, 0.2) is 0 Å². The highest BCUT2D eigenvalue weighted by atomic mass is 32.2. The zero-order chi connectivity index (χ0) is 14.7.